The summed E-state index contributed by atoms with van der Waals surface area (Å²) >= 11 is 5.88. The molecule has 2 nitrogen and oxygen atoms in total. The van der Waals surface area contributed by atoms with Crippen molar-refractivity contribution in [3.05, 3.63) is 52.8 Å². The normalized spacial score (nSPS) is 18.5. The minimum absolute atomic E-state index is 0.114. The summed E-state index contributed by atoms with van der Waals surface area (Å²) in [6.45, 7) is 0. The van der Waals surface area contributed by atoms with E-state index in [-0.39, 0.29) is 16.3 Å². The van der Waals surface area contributed by atoms with Crippen molar-refractivity contribution in [2.24, 2.45) is 0 Å². The first kappa shape index (κ1) is 13.8. The fraction of sp³-hybridized carbons (Fsp3) is 0.278. The fourth-order valence-electron chi connectivity index (χ4n) is 3.74. The Labute approximate surface area is 133 Å². The topological polar surface area (TPSA) is 29.1 Å². The largest absolute Gasteiger partial charge is 0.325 e. The van der Waals surface area contributed by atoms with E-state index in [1.165, 1.54) is 6.07 Å². The van der Waals surface area contributed by atoms with Crippen LogP contribution in [0.5, 0.6) is 0 Å². The summed E-state index contributed by atoms with van der Waals surface area (Å²) in [7, 11) is 0. The molecule has 1 fully saturated rings. The van der Waals surface area contributed by atoms with Gasteiger partial charge in [-0.1, -0.05) is 36.6 Å². The lowest BCUT2D eigenvalue weighted by molar-refractivity contribution is -0.120. The van der Waals surface area contributed by atoms with Crippen LogP contribution in [0.2, 0.25) is 5.02 Å². The van der Waals surface area contributed by atoms with Crippen molar-refractivity contribution in [1.29, 1.82) is 0 Å². The summed E-state index contributed by atoms with van der Waals surface area (Å²) in [5.74, 6) is -0.301. The molecular formula is C18H15ClFNO. The molecule has 4 rings (SSSR count). The van der Waals surface area contributed by atoms with E-state index in [2.05, 4.69) is 11.4 Å². The molecule has 22 heavy (non-hydrogen) atoms. The standard InChI is InChI=1S/C18H15ClFNO/c19-14-10-12(3-5-15(14)20)11-4-6-16-13(9-11)18(17(22)21-16)7-1-2-8-18/h3-6,9-10H,1-2,7-8H2,(H,21,22). The van der Waals surface area contributed by atoms with Crippen molar-refractivity contribution in [2.75, 3.05) is 5.32 Å². The maximum absolute atomic E-state index is 13.3. The predicted octanol–water partition coefficient (Wildman–Crippen LogP) is 4.91. The Balaban J connectivity index is 1.83. The summed E-state index contributed by atoms with van der Waals surface area (Å²) in [6, 6.07) is 10.7. The van der Waals surface area contributed by atoms with Gasteiger partial charge in [-0.3, -0.25) is 4.79 Å². The second kappa shape index (κ2) is 4.82. The summed E-state index contributed by atoms with van der Waals surface area (Å²) in [5.41, 5.74) is 3.44. The quantitative estimate of drug-likeness (QED) is 0.796. The second-order valence-corrected chi connectivity index (χ2v) is 6.54. The summed E-state index contributed by atoms with van der Waals surface area (Å²) < 4.78 is 13.3. The lowest BCUT2D eigenvalue weighted by atomic mass is 9.79. The van der Waals surface area contributed by atoms with Crippen LogP contribution in [0.25, 0.3) is 11.1 Å². The van der Waals surface area contributed by atoms with E-state index in [0.717, 1.165) is 48.1 Å². The van der Waals surface area contributed by atoms with Crippen LogP contribution in [0.1, 0.15) is 31.2 Å². The van der Waals surface area contributed by atoms with Gasteiger partial charge in [0.05, 0.1) is 10.4 Å². The molecule has 2 aromatic carbocycles. The molecule has 2 aliphatic rings. The molecule has 0 saturated heterocycles. The minimum Gasteiger partial charge on any atom is -0.325 e. The van der Waals surface area contributed by atoms with E-state index in [1.807, 2.05) is 12.1 Å². The Morgan fingerprint density at radius 2 is 1.73 bits per heavy atom. The number of nitrogens with one attached hydrogen (secondary N) is 1. The molecule has 0 atom stereocenters. The number of carbonyl (C=O) groups is 1. The highest BCUT2D eigenvalue weighted by Crippen LogP contribution is 2.49. The highest BCUT2D eigenvalue weighted by molar-refractivity contribution is 6.31. The average molecular weight is 316 g/mol. The van der Waals surface area contributed by atoms with Crippen LogP contribution in [-0.4, -0.2) is 5.91 Å². The van der Waals surface area contributed by atoms with E-state index < -0.39 is 5.82 Å². The molecule has 1 aliphatic heterocycles. The lowest BCUT2D eigenvalue weighted by Crippen LogP contribution is -2.30. The maximum Gasteiger partial charge on any atom is 0.235 e. The van der Waals surface area contributed by atoms with E-state index in [4.69, 9.17) is 11.6 Å². The lowest BCUT2D eigenvalue weighted by Gasteiger charge is -2.21. The van der Waals surface area contributed by atoms with Gasteiger partial charge in [0.2, 0.25) is 5.91 Å². The monoisotopic (exact) mass is 315 g/mol. The van der Waals surface area contributed by atoms with Gasteiger partial charge in [-0.25, -0.2) is 4.39 Å². The van der Waals surface area contributed by atoms with Gasteiger partial charge in [-0.05, 0) is 53.8 Å². The molecule has 0 bridgehead atoms. The van der Waals surface area contributed by atoms with Crippen molar-refractivity contribution < 1.29 is 9.18 Å². The second-order valence-electron chi connectivity index (χ2n) is 6.13. The zero-order chi connectivity index (χ0) is 15.3. The van der Waals surface area contributed by atoms with Crippen LogP contribution in [0.15, 0.2) is 36.4 Å². The molecule has 1 amide bonds. The van der Waals surface area contributed by atoms with E-state index in [1.54, 1.807) is 12.1 Å². The third kappa shape index (κ3) is 1.88. The van der Waals surface area contributed by atoms with Crippen LogP contribution >= 0.6 is 11.6 Å². The third-order valence-corrected chi connectivity index (χ3v) is 5.22. The number of hydrogen-bond donors (Lipinski definition) is 1. The predicted molar refractivity (Wildman–Crippen MR) is 85.6 cm³/mol. The van der Waals surface area contributed by atoms with Gasteiger partial charge < -0.3 is 5.32 Å². The Kier molecular flexibility index (Phi) is 3.01. The highest BCUT2D eigenvalue weighted by atomic mass is 35.5. The molecular weight excluding hydrogens is 301 g/mol. The Morgan fingerprint density at radius 1 is 1.05 bits per heavy atom. The molecule has 2 aromatic rings. The molecule has 112 valence electrons. The Hall–Kier alpha value is -1.87. The SMILES string of the molecule is O=C1Nc2ccc(-c3ccc(F)c(Cl)c3)cc2C12CCCC2. The van der Waals surface area contributed by atoms with Crippen LogP contribution in [0.3, 0.4) is 0 Å². The third-order valence-electron chi connectivity index (χ3n) is 4.93. The smallest absolute Gasteiger partial charge is 0.235 e. The van der Waals surface area contributed by atoms with Crippen molar-refractivity contribution in [2.45, 2.75) is 31.1 Å². The van der Waals surface area contributed by atoms with Crippen molar-refractivity contribution in [3.63, 3.8) is 0 Å². The van der Waals surface area contributed by atoms with Gasteiger partial charge in [0.15, 0.2) is 0 Å². The molecule has 1 heterocycles. The number of anilines is 1. The van der Waals surface area contributed by atoms with E-state index in [9.17, 15) is 9.18 Å². The van der Waals surface area contributed by atoms with Crippen LogP contribution < -0.4 is 5.32 Å². The van der Waals surface area contributed by atoms with Gasteiger partial charge in [-0.15, -0.1) is 0 Å². The molecule has 1 saturated carbocycles. The first-order chi connectivity index (χ1) is 10.6. The number of fused-ring (bicyclic) bond motifs is 2. The number of hydrogen-bond acceptors (Lipinski definition) is 1. The van der Waals surface area contributed by atoms with Gasteiger partial charge in [0.25, 0.3) is 0 Å². The molecule has 0 aromatic heterocycles. The number of amides is 1. The molecule has 4 heteroatoms. The number of rotatable bonds is 1. The maximum atomic E-state index is 13.3. The highest BCUT2D eigenvalue weighted by Gasteiger charge is 2.48. The van der Waals surface area contributed by atoms with Crippen LogP contribution in [-0.2, 0) is 10.2 Å². The Bertz CT molecular complexity index is 781. The van der Waals surface area contributed by atoms with Crippen molar-refractivity contribution in [3.8, 4) is 11.1 Å². The van der Waals surface area contributed by atoms with Crippen LogP contribution in [0.4, 0.5) is 10.1 Å². The molecule has 1 spiro atoms. The Morgan fingerprint density at radius 3 is 2.45 bits per heavy atom. The van der Waals surface area contributed by atoms with E-state index in [0.29, 0.717) is 0 Å². The van der Waals surface area contributed by atoms with E-state index >= 15 is 0 Å². The summed E-state index contributed by atoms with van der Waals surface area (Å²) in [4.78, 5) is 12.4. The van der Waals surface area contributed by atoms with Gasteiger partial charge in [-0.2, -0.15) is 0 Å². The van der Waals surface area contributed by atoms with Crippen molar-refractivity contribution in [1.82, 2.24) is 0 Å². The van der Waals surface area contributed by atoms with Crippen LogP contribution in [0, 0.1) is 5.82 Å². The number of halogens is 2. The fourth-order valence-corrected chi connectivity index (χ4v) is 3.92. The number of carbonyl (C=O) groups excluding carboxylic acids is 1. The van der Waals surface area contributed by atoms with Crippen molar-refractivity contribution >= 4 is 23.2 Å². The first-order valence-corrected chi connectivity index (χ1v) is 7.89. The zero-order valence-corrected chi connectivity index (χ0v) is 12.7. The average Bonchev–Trinajstić information content (AvgIpc) is 3.10. The number of benzene rings is 2. The molecule has 1 aliphatic carbocycles. The van der Waals surface area contributed by atoms with Gasteiger partial charge in [0.1, 0.15) is 5.82 Å². The molecule has 0 unspecified atom stereocenters. The minimum atomic E-state index is -0.421. The summed E-state index contributed by atoms with van der Waals surface area (Å²) in [6.07, 6.45) is 3.97. The van der Waals surface area contributed by atoms with Gasteiger partial charge >= 0.3 is 0 Å². The molecule has 1 N–H and O–H groups in total. The molecule has 0 radical (unpaired) electrons. The first-order valence-electron chi connectivity index (χ1n) is 7.52. The summed E-state index contributed by atoms with van der Waals surface area (Å²) in [5, 5.41) is 3.12. The van der Waals surface area contributed by atoms with Gasteiger partial charge in [0, 0.05) is 5.69 Å². The zero-order valence-electron chi connectivity index (χ0n) is 12.0.